The van der Waals surface area contributed by atoms with E-state index >= 15 is 0 Å². The van der Waals surface area contributed by atoms with Crippen LogP contribution < -0.4 is 20.9 Å². The Morgan fingerprint density at radius 2 is 1.17 bits per heavy atom. The van der Waals surface area contributed by atoms with Crippen LogP contribution in [0.3, 0.4) is 0 Å². The van der Waals surface area contributed by atoms with Crippen molar-refractivity contribution in [3.8, 4) is 0 Å². The van der Waals surface area contributed by atoms with Gasteiger partial charge in [0.25, 0.3) is 27.6 Å². The maximum Gasteiger partial charge on any atom is 0.501 e. The Bertz CT molecular complexity index is 2240. The number of nitrogens with zero attached hydrogens (tertiary/aromatic N) is 3. The van der Waals surface area contributed by atoms with Gasteiger partial charge >= 0.3 is 11.5 Å². The number of amides is 5. The average molecular weight is 757 g/mol. The first-order valence-corrected chi connectivity index (χ1v) is 17.8. The van der Waals surface area contributed by atoms with Crippen LogP contribution in [0.15, 0.2) is 126 Å². The first-order valence-electron chi connectivity index (χ1n) is 16.4. The van der Waals surface area contributed by atoms with Gasteiger partial charge in [-0.2, -0.15) is 13.2 Å². The number of aromatic nitrogens is 2. The summed E-state index contributed by atoms with van der Waals surface area (Å²) in [5.41, 5.74) is -5.88. The summed E-state index contributed by atoms with van der Waals surface area (Å²) in [7, 11) is -5.70. The molecular formula is C38H31F3N6O6S. The molecule has 5 aromatic rings. The number of hydrogen-bond acceptors (Lipinski definition) is 8. The van der Waals surface area contributed by atoms with Crippen LogP contribution >= 0.6 is 0 Å². The van der Waals surface area contributed by atoms with Gasteiger partial charge in [0.05, 0.1) is 10.6 Å². The van der Waals surface area contributed by atoms with Crippen molar-refractivity contribution in [1.29, 1.82) is 0 Å². The van der Waals surface area contributed by atoms with Crippen molar-refractivity contribution in [2.45, 2.75) is 41.6 Å². The zero-order valence-electron chi connectivity index (χ0n) is 28.5. The van der Waals surface area contributed by atoms with Crippen LogP contribution in [-0.4, -0.2) is 53.2 Å². The summed E-state index contributed by atoms with van der Waals surface area (Å²) in [5, 5.41) is 8.28. The van der Waals surface area contributed by atoms with Crippen LogP contribution in [0.2, 0.25) is 0 Å². The van der Waals surface area contributed by atoms with E-state index in [2.05, 4.69) is 25.9 Å². The largest absolute Gasteiger partial charge is 0.501 e. The van der Waals surface area contributed by atoms with Crippen molar-refractivity contribution < 1.29 is 40.8 Å². The van der Waals surface area contributed by atoms with Gasteiger partial charge in [0.2, 0.25) is 0 Å². The summed E-state index contributed by atoms with van der Waals surface area (Å²) < 4.78 is 63.8. The van der Waals surface area contributed by atoms with Crippen molar-refractivity contribution in [2.24, 2.45) is 0 Å². The fraction of sp³-hybridized carbons (Fsp3) is 0.158. The van der Waals surface area contributed by atoms with E-state index in [1.807, 2.05) is 0 Å². The molecule has 0 saturated carbocycles. The van der Waals surface area contributed by atoms with E-state index < -0.39 is 61.4 Å². The van der Waals surface area contributed by atoms with Crippen LogP contribution in [0.4, 0.5) is 35.3 Å². The third-order valence-electron chi connectivity index (χ3n) is 9.27. The molecule has 3 aromatic carbocycles. The number of halogens is 3. The van der Waals surface area contributed by atoms with E-state index in [1.165, 1.54) is 12.4 Å². The second-order valence-electron chi connectivity index (χ2n) is 12.4. The molecular weight excluding hydrogens is 726 g/mol. The van der Waals surface area contributed by atoms with E-state index in [1.54, 1.807) is 98.8 Å². The SMILES string of the molecule is CC(c1ccnc(NC(=O)c2ccccc2)c1)C1(C(C)c2ccnc(NC(=O)c3ccccc3)c2)NC(=O)N(c2ccc(S(=O)(=O)C(F)(F)F)cc2)C1=O. The summed E-state index contributed by atoms with van der Waals surface area (Å²) in [6, 6.07) is 25.4. The Balaban J connectivity index is 1.39. The minimum atomic E-state index is -5.70. The number of pyridine rings is 2. The second-order valence-corrected chi connectivity index (χ2v) is 14.4. The number of anilines is 3. The molecule has 1 aliphatic rings. The zero-order chi connectivity index (χ0) is 38.8. The number of benzene rings is 3. The minimum Gasteiger partial charge on any atom is -0.322 e. The quantitative estimate of drug-likeness (QED) is 0.133. The normalized spacial score (nSPS) is 17.0. The van der Waals surface area contributed by atoms with Crippen LogP contribution in [0.1, 0.15) is 57.5 Å². The smallest absolute Gasteiger partial charge is 0.322 e. The highest BCUT2D eigenvalue weighted by Crippen LogP contribution is 2.45. The number of imide groups is 1. The summed E-state index contributed by atoms with van der Waals surface area (Å²) in [4.78, 5) is 62.6. The van der Waals surface area contributed by atoms with Crippen molar-refractivity contribution >= 4 is 50.9 Å². The number of rotatable bonds is 10. The number of carbonyl (C=O) groups excluding carboxylic acids is 4. The number of nitrogens with one attached hydrogen (secondary N) is 3. The molecule has 6 rings (SSSR count). The van der Waals surface area contributed by atoms with Gasteiger partial charge in [0.15, 0.2) is 0 Å². The molecule has 16 heteroatoms. The van der Waals surface area contributed by atoms with Crippen molar-refractivity contribution in [3.63, 3.8) is 0 Å². The van der Waals surface area contributed by atoms with Gasteiger partial charge in [-0.3, -0.25) is 14.4 Å². The summed E-state index contributed by atoms with van der Waals surface area (Å²) in [6.07, 6.45) is 2.85. The number of alkyl halides is 3. The lowest BCUT2D eigenvalue weighted by Crippen LogP contribution is -2.55. The standard InChI is InChI=1S/C38H31F3N6O6S/c1-23(27-17-19-42-31(21-27)44-33(48)25-9-5-3-6-10-25)37(24(2)28-18-20-43-32(22-28)45-34(49)26-11-7-4-8-12-26)35(50)47(36(51)46-37)29-13-15-30(16-14-29)54(52,53)38(39,40)41/h3-24H,1-2H3,(H,46,51)(H,42,44,48)(H,43,45,49). The summed E-state index contributed by atoms with van der Waals surface area (Å²) in [6.45, 7) is 3.35. The maximum atomic E-state index is 14.8. The average Bonchev–Trinajstić information content (AvgIpc) is 3.44. The molecule has 54 heavy (non-hydrogen) atoms. The highest BCUT2D eigenvalue weighted by Gasteiger charge is 2.59. The molecule has 1 fully saturated rings. The summed E-state index contributed by atoms with van der Waals surface area (Å²) in [5.74, 6) is -3.12. The predicted octanol–water partition coefficient (Wildman–Crippen LogP) is 6.68. The van der Waals surface area contributed by atoms with Gasteiger partial charge in [-0.15, -0.1) is 0 Å². The van der Waals surface area contributed by atoms with Crippen LogP contribution in [-0.2, 0) is 14.6 Å². The first kappa shape index (κ1) is 37.3. The molecule has 0 aliphatic carbocycles. The second kappa shape index (κ2) is 14.5. The molecule has 1 aliphatic heterocycles. The van der Waals surface area contributed by atoms with Gasteiger partial charge in [0.1, 0.15) is 17.2 Å². The van der Waals surface area contributed by atoms with Gasteiger partial charge in [-0.1, -0.05) is 50.2 Å². The minimum absolute atomic E-state index is 0.154. The number of sulfone groups is 1. The van der Waals surface area contributed by atoms with Gasteiger partial charge in [0, 0.05) is 35.4 Å². The van der Waals surface area contributed by atoms with E-state index in [-0.39, 0.29) is 17.3 Å². The van der Waals surface area contributed by atoms with Crippen molar-refractivity contribution in [3.05, 3.63) is 144 Å². The number of urea groups is 1. The third kappa shape index (κ3) is 7.02. The number of carbonyl (C=O) groups is 4. The van der Waals surface area contributed by atoms with E-state index in [0.717, 1.165) is 17.0 Å². The fourth-order valence-electron chi connectivity index (χ4n) is 6.32. The number of hydrogen-bond donors (Lipinski definition) is 3. The van der Waals surface area contributed by atoms with Gasteiger partial charge in [-0.05, 0) is 83.9 Å². The van der Waals surface area contributed by atoms with E-state index in [9.17, 15) is 40.8 Å². The monoisotopic (exact) mass is 756 g/mol. The molecule has 12 nitrogen and oxygen atoms in total. The molecule has 0 bridgehead atoms. The molecule has 3 N–H and O–H groups in total. The van der Waals surface area contributed by atoms with Gasteiger partial charge in [-0.25, -0.2) is 28.1 Å². The Morgan fingerprint density at radius 3 is 1.59 bits per heavy atom. The molecule has 0 radical (unpaired) electrons. The van der Waals surface area contributed by atoms with Crippen LogP contribution in [0.5, 0.6) is 0 Å². The highest BCUT2D eigenvalue weighted by molar-refractivity contribution is 7.92. The van der Waals surface area contributed by atoms with Crippen LogP contribution in [0.25, 0.3) is 0 Å². The lowest BCUT2D eigenvalue weighted by Gasteiger charge is -2.39. The molecule has 2 unspecified atom stereocenters. The molecule has 1 saturated heterocycles. The lowest BCUT2D eigenvalue weighted by atomic mass is 9.70. The Hall–Kier alpha value is -6.42. The predicted molar refractivity (Wildman–Crippen MR) is 193 cm³/mol. The molecule has 276 valence electrons. The third-order valence-corrected chi connectivity index (χ3v) is 10.8. The molecule has 3 heterocycles. The Labute approximate surface area is 307 Å². The Morgan fingerprint density at radius 1 is 0.722 bits per heavy atom. The van der Waals surface area contributed by atoms with Crippen molar-refractivity contribution in [2.75, 3.05) is 15.5 Å². The van der Waals surface area contributed by atoms with Crippen molar-refractivity contribution in [1.82, 2.24) is 15.3 Å². The molecule has 0 spiro atoms. The van der Waals surface area contributed by atoms with Crippen LogP contribution in [0, 0.1) is 0 Å². The maximum absolute atomic E-state index is 14.8. The topological polar surface area (TPSA) is 168 Å². The fourth-order valence-corrected chi connectivity index (χ4v) is 7.08. The highest BCUT2D eigenvalue weighted by atomic mass is 32.2. The molecule has 2 atom stereocenters. The molecule has 2 aromatic heterocycles. The van der Waals surface area contributed by atoms with E-state index in [0.29, 0.717) is 34.4 Å². The summed E-state index contributed by atoms with van der Waals surface area (Å²) >= 11 is 0. The zero-order valence-corrected chi connectivity index (χ0v) is 29.4. The van der Waals surface area contributed by atoms with E-state index in [4.69, 9.17) is 0 Å². The first-order chi connectivity index (χ1) is 25.6. The lowest BCUT2D eigenvalue weighted by molar-refractivity contribution is -0.123. The Kier molecular flexibility index (Phi) is 10.1. The molecule has 5 amide bonds. The van der Waals surface area contributed by atoms with Gasteiger partial charge < -0.3 is 16.0 Å².